The standard InChI is InChI=1S/C20H22N2O5S/c1-14-13-28(25,26)22(20(14)24)17-9-7-16(8-10-17)19(23)21-12-11-15-5-3-4-6-18(15)27-2/h3-10,14H,11-13H2,1-2H3,(H,21,23). The van der Waals surface area contributed by atoms with Crippen LogP contribution >= 0.6 is 0 Å². The second-order valence-electron chi connectivity index (χ2n) is 6.65. The Hall–Kier alpha value is -2.87. The second kappa shape index (κ2) is 8.02. The van der Waals surface area contributed by atoms with Crippen molar-refractivity contribution in [2.75, 3.05) is 23.7 Å². The minimum atomic E-state index is -3.65. The summed E-state index contributed by atoms with van der Waals surface area (Å²) in [5, 5.41) is 2.83. The summed E-state index contributed by atoms with van der Waals surface area (Å²) in [4.78, 5) is 24.5. The molecule has 28 heavy (non-hydrogen) atoms. The largest absolute Gasteiger partial charge is 0.496 e. The van der Waals surface area contributed by atoms with Gasteiger partial charge in [-0.25, -0.2) is 12.7 Å². The Morgan fingerprint density at radius 2 is 1.86 bits per heavy atom. The van der Waals surface area contributed by atoms with Gasteiger partial charge in [-0.1, -0.05) is 25.1 Å². The summed E-state index contributed by atoms with van der Waals surface area (Å²) in [5.41, 5.74) is 1.63. The zero-order chi connectivity index (χ0) is 20.3. The van der Waals surface area contributed by atoms with Crippen LogP contribution in [0.25, 0.3) is 0 Å². The summed E-state index contributed by atoms with van der Waals surface area (Å²) < 4.78 is 30.4. The molecule has 2 aromatic rings. The Labute approximate surface area is 164 Å². The van der Waals surface area contributed by atoms with Crippen molar-refractivity contribution in [2.24, 2.45) is 5.92 Å². The lowest BCUT2D eigenvalue weighted by Crippen LogP contribution is -2.30. The van der Waals surface area contributed by atoms with E-state index in [0.717, 1.165) is 15.6 Å². The van der Waals surface area contributed by atoms with Crippen molar-refractivity contribution < 1.29 is 22.7 Å². The fourth-order valence-corrected chi connectivity index (χ4v) is 4.98. The van der Waals surface area contributed by atoms with Crippen molar-refractivity contribution >= 4 is 27.5 Å². The molecule has 1 aliphatic heterocycles. The molecule has 2 amide bonds. The molecule has 1 heterocycles. The number of hydrogen-bond donors (Lipinski definition) is 1. The Balaban J connectivity index is 1.63. The predicted octanol–water partition coefficient (Wildman–Crippen LogP) is 1.98. The smallest absolute Gasteiger partial charge is 0.251 e. The molecule has 1 saturated heterocycles. The maximum atomic E-state index is 12.3. The molecule has 0 bridgehead atoms. The number of ether oxygens (including phenoxy) is 1. The summed E-state index contributed by atoms with van der Waals surface area (Å²) in [6.07, 6.45) is 0.617. The van der Waals surface area contributed by atoms with Gasteiger partial charge in [0.25, 0.3) is 5.91 Å². The minimum Gasteiger partial charge on any atom is -0.496 e. The van der Waals surface area contributed by atoms with Gasteiger partial charge in [0, 0.05) is 12.1 Å². The quantitative estimate of drug-likeness (QED) is 0.798. The van der Waals surface area contributed by atoms with E-state index in [9.17, 15) is 18.0 Å². The molecule has 0 radical (unpaired) electrons. The lowest BCUT2D eigenvalue weighted by atomic mass is 10.1. The van der Waals surface area contributed by atoms with Crippen molar-refractivity contribution in [1.29, 1.82) is 0 Å². The Morgan fingerprint density at radius 3 is 2.46 bits per heavy atom. The number of amides is 2. The summed E-state index contributed by atoms with van der Waals surface area (Å²) in [5.74, 6) is -0.717. The summed E-state index contributed by atoms with van der Waals surface area (Å²) in [7, 11) is -2.05. The van der Waals surface area contributed by atoms with Crippen LogP contribution in [0.1, 0.15) is 22.8 Å². The van der Waals surface area contributed by atoms with Crippen molar-refractivity contribution in [3.8, 4) is 5.75 Å². The van der Waals surface area contributed by atoms with E-state index in [-0.39, 0.29) is 17.3 Å². The van der Waals surface area contributed by atoms with E-state index in [0.29, 0.717) is 18.5 Å². The molecule has 1 unspecified atom stereocenters. The van der Waals surface area contributed by atoms with Crippen LogP contribution in [-0.2, 0) is 21.2 Å². The van der Waals surface area contributed by atoms with Crippen LogP contribution in [0.4, 0.5) is 5.69 Å². The number of sulfonamides is 1. The second-order valence-corrected chi connectivity index (χ2v) is 8.51. The predicted molar refractivity (Wildman–Crippen MR) is 106 cm³/mol. The number of carbonyl (C=O) groups excluding carboxylic acids is 2. The van der Waals surface area contributed by atoms with Gasteiger partial charge >= 0.3 is 0 Å². The van der Waals surface area contributed by atoms with Gasteiger partial charge in [-0.3, -0.25) is 9.59 Å². The highest BCUT2D eigenvalue weighted by molar-refractivity contribution is 7.94. The van der Waals surface area contributed by atoms with E-state index in [1.807, 2.05) is 24.3 Å². The van der Waals surface area contributed by atoms with Gasteiger partial charge < -0.3 is 10.1 Å². The number of carbonyl (C=O) groups is 2. The van der Waals surface area contributed by atoms with Crippen molar-refractivity contribution in [3.05, 3.63) is 59.7 Å². The first-order valence-electron chi connectivity index (χ1n) is 8.90. The Bertz CT molecular complexity index is 986. The van der Waals surface area contributed by atoms with Crippen LogP contribution in [0, 0.1) is 5.92 Å². The fraction of sp³-hybridized carbons (Fsp3) is 0.300. The molecule has 1 aliphatic rings. The number of hydrogen-bond acceptors (Lipinski definition) is 5. The van der Waals surface area contributed by atoms with Gasteiger partial charge in [-0.15, -0.1) is 0 Å². The molecule has 1 N–H and O–H groups in total. The molecule has 1 fully saturated rings. The molecule has 7 nitrogen and oxygen atoms in total. The molecule has 8 heteroatoms. The van der Waals surface area contributed by atoms with E-state index in [1.54, 1.807) is 14.0 Å². The van der Waals surface area contributed by atoms with Gasteiger partial charge in [0.2, 0.25) is 15.9 Å². The molecule has 2 aromatic carbocycles. The fourth-order valence-electron chi connectivity index (χ4n) is 3.16. The van der Waals surface area contributed by atoms with E-state index in [2.05, 4.69) is 5.32 Å². The van der Waals surface area contributed by atoms with Crippen LogP contribution in [0.3, 0.4) is 0 Å². The van der Waals surface area contributed by atoms with Gasteiger partial charge in [0.1, 0.15) is 5.75 Å². The SMILES string of the molecule is COc1ccccc1CCNC(=O)c1ccc(N2C(=O)C(C)CS2(=O)=O)cc1. The average Bonchev–Trinajstić information content (AvgIpc) is 2.89. The molecule has 3 rings (SSSR count). The first-order valence-corrected chi connectivity index (χ1v) is 10.5. The molecule has 0 aromatic heterocycles. The highest BCUT2D eigenvalue weighted by Gasteiger charge is 2.41. The van der Waals surface area contributed by atoms with Crippen LogP contribution in [0.2, 0.25) is 0 Å². The molecule has 148 valence electrons. The topological polar surface area (TPSA) is 92.8 Å². The third-order valence-corrected chi connectivity index (χ3v) is 6.47. The van der Waals surface area contributed by atoms with Crippen molar-refractivity contribution in [1.82, 2.24) is 5.32 Å². The molecule has 0 aliphatic carbocycles. The minimum absolute atomic E-state index is 0.197. The van der Waals surface area contributed by atoms with Crippen LogP contribution < -0.4 is 14.4 Å². The van der Waals surface area contributed by atoms with Gasteiger partial charge in [0.05, 0.1) is 24.5 Å². The third-order valence-electron chi connectivity index (χ3n) is 4.60. The Kier molecular flexibility index (Phi) is 5.69. The lowest BCUT2D eigenvalue weighted by Gasteiger charge is -2.15. The Morgan fingerprint density at radius 1 is 1.18 bits per heavy atom. The highest BCUT2D eigenvalue weighted by atomic mass is 32.2. The zero-order valence-electron chi connectivity index (χ0n) is 15.7. The summed E-state index contributed by atoms with van der Waals surface area (Å²) >= 11 is 0. The third kappa shape index (κ3) is 4.01. The number of para-hydroxylation sites is 1. The van der Waals surface area contributed by atoms with E-state index in [1.165, 1.54) is 24.3 Å². The molecule has 0 saturated carbocycles. The van der Waals surface area contributed by atoms with Crippen LogP contribution in [0.15, 0.2) is 48.5 Å². The van der Waals surface area contributed by atoms with E-state index >= 15 is 0 Å². The lowest BCUT2D eigenvalue weighted by molar-refractivity contribution is -0.119. The van der Waals surface area contributed by atoms with Crippen LogP contribution in [0.5, 0.6) is 5.75 Å². The van der Waals surface area contributed by atoms with Crippen molar-refractivity contribution in [3.63, 3.8) is 0 Å². The first-order chi connectivity index (χ1) is 13.3. The molecular formula is C20H22N2O5S. The van der Waals surface area contributed by atoms with Crippen LogP contribution in [-0.4, -0.2) is 39.6 Å². The number of anilines is 1. The number of nitrogens with zero attached hydrogens (tertiary/aromatic N) is 1. The van der Waals surface area contributed by atoms with E-state index in [4.69, 9.17) is 4.74 Å². The normalized spacial score (nSPS) is 18.1. The van der Waals surface area contributed by atoms with Gasteiger partial charge in [0.15, 0.2) is 0 Å². The molecule has 0 spiro atoms. The number of methoxy groups -OCH3 is 1. The van der Waals surface area contributed by atoms with Gasteiger partial charge in [-0.2, -0.15) is 0 Å². The summed E-state index contributed by atoms with van der Waals surface area (Å²) in [6, 6.07) is 13.6. The number of nitrogens with one attached hydrogen (secondary N) is 1. The summed E-state index contributed by atoms with van der Waals surface area (Å²) in [6.45, 7) is 2.01. The monoisotopic (exact) mass is 402 g/mol. The maximum absolute atomic E-state index is 12.3. The van der Waals surface area contributed by atoms with Gasteiger partial charge in [-0.05, 0) is 42.3 Å². The van der Waals surface area contributed by atoms with E-state index < -0.39 is 21.8 Å². The average molecular weight is 402 g/mol. The highest BCUT2D eigenvalue weighted by Crippen LogP contribution is 2.28. The zero-order valence-corrected chi connectivity index (χ0v) is 16.5. The van der Waals surface area contributed by atoms with Crippen molar-refractivity contribution in [2.45, 2.75) is 13.3 Å². The molecule has 1 atom stereocenters. The maximum Gasteiger partial charge on any atom is 0.251 e. The first kappa shape index (κ1) is 19.9. The molecular weight excluding hydrogens is 380 g/mol. The number of benzene rings is 2. The number of rotatable bonds is 6.